The molecular formula is C16H10Cl2N8O2S. The summed E-state index contributed by atoms with van der Waals surface area (Å²) in [4.78, 5) is 13.4. The molecule has 0 aliphatic carbocycles. The molecule has 0 spiro atoms. The van der Waals surface area contributed by atoms with Crippen LogP contribution in [0.15, 0.2) is 45.4 Å². The van der Waals surface area contributed by atoms with Gasteiger partial charge in [-0.25, -0.2) is 10.1 Å². The average Bonchev–Trinajstić information content (AvgIpc) is 3.44. The zero-order valence-corrected chi connectivity index (χ0v) is 16.6. The maximum Gasteiger partial charge on any atom is 0.294 e. The van der Waals surface area contributed by atoms with Crippen LogP contribution >= 0.6 is 34.5 Å². The fraction of sp³-hybridized carbons (Fsp3) is 0. The number of aromatic nitrogens is 5. The van der Waals surface area contributed by atoms with Gasteiger partial charge in [-0.15, -0.1) is 16.4 Å². The van der Waals surface area contributed by atoms with Crippen LogP contribution in [0.1, 0.15) is 16.1 Å². The van der Waals surface area contributed by atoms with Crippen molar-refractivity contribution in [2.45, 2.75) is 0 Å². The van der Waals surface area contributed by atoms with Crippen molar-refractivity contribution in [3.8, 4) is 16.4 Å². The molecule has 13 heteroatoms. The first-order chi connectivity index (χ1) is 14.0. The number of hydrazone groups is 1. The number of nitrogens with two attached hydrogens (primary N) is 1. The molecule has 4 aromatic rings. The first-order valence-electron chi connectivity index (χ1n) is 7.91. The van der Waals surface area contributed by atoms with Crippen LogP contribution in [0.4, 0.5) is 5.82 Å². The Morgan fingerprint density at radius 2 is 2.14 bits per heavy atom. The van der Waals surface area contributed by atoms with Crippen molar-refractivity contribution in [1.29, 1.82) is 0 Å². The summed E-state index contributed by atoms with van der Waals surface area (Å²) < 4.78 is 5.91. The van der Waals surface area contributed by atoms with E-state index in [-0.39, 0.29) is 17.3 Å². The molecule has 3 N–H and O–H groups in total. The molecule has 1 amide bonds. The van der Waals surface area contributed by atoms with E-state index in [0.717, 1.165) is 4.88 Å². The van der Waals surface area contributed by atoms with E-state index in [1.807, 2.05) is 11.4 Å². The van der Waals surface area contributed by atoms with Crippen molar-refractivity contribution in [2.24, 2.45) is 5.10 Å². The summed E-state index contributed by atoms with van der Waals surface area (Å²) in [5.74, 6) is -0.442. The van der Waals surface area contributed by atoms with Crippen molar-refractivity contribution in [3.63, 3.8) is 0 Å². The predicted molar refractivity (Wildman–Crippen MR) is 108 cm³/mol. The number of halogens is 2. The van der Waals surface area contributed by atoms with Gasteiger partial charge in [0.1, 0.15) is 5.69 Å². The fourth-order valence-electron chi connectivity index (χ4n) is 2.37. The Hall–Kier alpha value is -3.28. The highest BCUT2D eigenvalue weighted by Crippen LogP contribution is 2.29. The monoisotopic (exact) mass is 448 g/mol. The number of amides is 1. The standard InChI is InChI=1S/C16H10Cl2N8O2S/c17-9-4-3-8(6-10(9)18)7-20-22-16(27)12-13(11-2-1-5-29-11)26(25-21-12)15-14(19)23-28-24-15/h1-7H,(H2,19,23)(H,22,27)/b20-7-. The Labute approximate surface area is 176 Å². The molecule has 0 bridgehead atoms. The SMILES string of the molecule is Nc1nonc1-n1nnc(C(=O)N/N=C\c2ccc(Cl)c(Cl)c2)c1-c1cccs1. The third kappa shape index (κ3) is 3.83. The zero-order chi connectivity index (χ0) is 20.4. The van der Waals surface area contributed by atoms with Gasteiger partial charge < -0.3 is 5.73 Å². The van der Waals surface area contributed by atoms with E-state index in [2.05, 4.69) is 35.8 Å². The summed E-state index contributed by atoms with van der Waals surface area (Å²) in [5.41, 5.74) is 9.22. The van der Waals surface area contributed by atoms with E-state index in [0.29, 0.717) is 21.3 Å². The van der Waals surface area contributed by atoms with Gasteiger partial charge in [-0.05, 0) is 39.5 Å². The third-order valence-electron chi connectivity index (χ3n) is 3.66. The molecule has 1 aromatic carbocycles. The lowest BCUT2D eigenvalue weighted by Crippen LogP contribution is -2.19. The number of carbonyl (C=O) groups is 1. The van der Waals surface area contributed by atoms with Crippen LogP contribution in [0, 0.1) is 0 Å². The van der Waals surface area contributed by atoms with Crippen LogP contribution in [0.2, 0.25) is 10.0 Å². The topological polar surface area (TPSA) is 137 Å². The van der Waals surface area contributed by atoms with Crippen molar-refractivity contribution < 1.29 is 9.42 Å². The molecule has 29 heavy (non-hydrogen) atoms. The Bertz CT molecular complexity index is 1200. The van der Waals surface area contributed by atoms with Crippen molar-refractivity contribution >= 4 is 52.5 Å². The number of thiophene rings is 1. The number of nitrogens with zero attached hydrogens (tertiary/aromatic N) is 6. The van der Waals surface area contributed by atoms with E-state index in [1.54, 1.807) is 24.3 Å². The quantitative estimate of drug-likeness (QED) is 0.353. The molecule has 0 saturated heterocycles. The van der Waals surface area contributed by atoms with Crippen LogP contribution in [0.5, 0.6) is 0 Å². The highest BCUT2D eigenvalue weighted by Gasteiger charge is 2.25. The Balaban J connectivity index is 1.63. The summed E-state index contributed by atoms with van der Waals surface area (Å²) >= 11 is 13.2. The highest BCUT2D eigenvalue weighted by atomic mass is 35.5. The van der Waals surface area contributed by atoms with Gasteiger partial charge in [-0.1, -0.05) is 40.5 Å². The van der Waals surface area contributed by atoms with Crippen molar-refractivity contribution in [1.82, 2.24) is 30.7 Å². The lowest BCUT2D eigenvalue weighted by atomic mass is 10.2. The number of hydrogen-bond donors (Lipinski definition) is 2. The molecule has 146 valence electrons. The molecule has 4 rings (SSSR count). The third-order valence-corrected chi connectivity index (χ3v) is 5.28. The molecule has 10 nitrogen and oxygen atoms in total. The Morgan fingerprint density at radius 3 is 2.83 bits per heavy atom. The summed E-state index contributed by atoms with van der Waals surface area (Å²) in [5, 5.41) is 21.7. The van der Waals surface area contributed by atoms with Gasteiger partial charge in [0.2, 0.25) is 11.6 Å². The van der Waals surface area contributed by atoms with E-state index in [4.69, 9.17) is 28.9 Å². The molecule has 0 aliphatic heterocycles. The molecule has 0 fully saturated rings. The van der Waals surface area contributed by atoms with Crippen LogP contribution in [0.3, 0.4) is 0 Å². The number of anilines is 1. The van der Waals surface area contributed by atoms with Crippen LogP contribution < -0.4 is 11.2 Å². The minimum atomic E-state index is -0.578. The number of nitrogens with one attached hydrogen (secondary N) is 1. The summed E-state index contributed by atoms with van der Waals surface area (Å²) in [6, 6.07) is 8.58. The maximum absolute atomic E-state index is 12.7. The maximum atomic E-state index is 12.7. The van der Waals surface area contributed by atoms with Gasteiger partial charge in [0.25, 0.3) is 5.91 Å². The van der Waals surface area contributed by atoms with E-state index in [9.17, 15) is 4.79 Å². The smallest absolute Gasteiger partial charge is 0.294 e. The van der Waals surface area contributed by atoms with Gasteiger partial charge in [0.05, 0.1) is 21.1 Å². The van der Waals surface area contributed by atoms with Crippen LogP contribution in [-0.2, 0) is 0 Å². The number of benzene rings is 1. The van der Waals surface area contributed by atoms with Gasteiger partial charge >= 0.3 is 0 Å². The van der Waals surface area contributed by atoms with Gasteiger partial charge in [-0.3, -0.25) is 4.79 Å². The predicted octanol–water partition coefficient (Wildman–Crippen LogP) is 3.03. The lowest BCUT2D eigenvalue weighted by molar-refractivity contribution is 0.0951. The van der Waals surface area contributed by atoms with Crippen LogP contribution in [-0.4, -0.2) is 37.4 Å². The molecule has 3 aromatic heterocycles. The average molecular weight is 449 g/mol. The van der Waals surface area contributed by atoms with E-state index in [1.165, 1.54) is 22.2 Å². The number of rotatable bonds is 5. The minimum Gasteiger partial charge on any atom is -0.378 e. The second-order valence-corrected chi connectivity index (χ2v) is 7.28. The van der Waals surface area contributed by atoms with E-state index < -0.39 is 5.91 Å². The van der Waals surface area contributed by atoms with E-state index >= 15 is 0 Å². The minimum absolute atomic E-state index is 0.0114. The molecule has 0 radical (unpaired) electrons. The second kappa shape index (κ2) is 7.99. The largest absolute Gasteiger partial charge is 0.378 e. The zero-order valence-electron chi connectivity index (χ0n) is 14.3. The Morgan fingerprint density at radius 1 is 1.28 bits per heavy atom. The first-order valence-corrected chi connectivity index (χ1v) is 9.54. The van der Waals surface area contributed by atoms with Crippen LogP contribution in [0.25, 0.3) is 16.4 Å². The van der Waals surface area contributed by atoms with Gasteiger partial charge in [0, 0.05) is 0 Å². The molecule has 0 aliphatic rings. The molecule has 0 atom stereocenters. The van der Waals surface area contributed by atoms with Crippen molar-refractivity contribution in [2.75, 3.05) is 5.73 Å². The number of nitrogen functional groups attached to an aromatic ring is 1. The van der Waals surface area contributed by atoms with Gasteiger partial charge in [-0.2, -0.15) is 9.78 Å². The molecule has 0 unspecified atom stereocenters. The highest BCUT2D eigenvalue weighted by molar-refractivity contribution is 7.13. The second-order valence-electron chi connectivity index (χ2n) is 5.52. The Kier molecular flexibility index (Phi) is 5.25. The first kappa shape index (κ1) is 19.1. The van der Waals surface area contributed by atoms with Gasteiger partial charge in [0.15, 0.2) is 5.69 Å². The molecule has 0 saturated carbocycles. The number of carbonyl (C=O) groups excluding carboxylic acids is 1. The lowest BCUT2D eigenvalue weighted by Gasteiger charge is -2.03. The van der Waals surface area contributed by atoms with Crippen molar-refractivity contribution in [3.05, 3.63) is 57.0 Å². The normalized spacial score (nSPS) is 11.2. The molecular weight excluding hydrogens is 439 g/mol. The molecule has 3 heterocycles. The summed E-state index contributed by atoms with van der Waals surface area (Å²) in [6.45, 7) is 0. The summed E-state index contributed by atoms with van der Waals surface area (Å²) in [7, 11) is 0. The summed E-state index contributed by atoms with van der Waals surface area (Å²) in [6.07, 6.45) is 1.43. The number of hydrogen-bond acceptors (Lipinski definition) is 9. The fourth-order valence-corrected chi connectivity index (χ4v) is 3.43.